The fourth-order valence-electron chi connectivity index (χ4n) is 2.03. The van der Waals surface area contributed by atoms with Gasteiger partial charge >= 0.3 is 0 Å². The molecule has 0 fully saturated rings. The number of rotatable bonds is 2. The van der Waals surface area contributed by atoms with Gasteiger partial charge in [-0.25, -0.2) is 4.98 Å². The van der Waals surface area contributed by atoms with Gasteiger partial charge in [0.2, 0.25) is 5.88 Å². The van der Waals surface area contributed by atoms with Crippen LogP contribution in [0.15, 0.2) is 59.2 Å². The first-order chi connectivity index (χ1) is 9.25. The molecule has 0 aliphatic carbocycles. The normalized spacial score (nSPS) is 10.6. The zero-order valence-corrected chi connectivity index (χ0v) is 12.0. The third-order valence-electron chi connectivity index (χ3n) is 3.07. The number of halogens is 1. The summed E-state index contributed by atoms with van der Waals surface area (Å²) in [6.07, 6.45) is 1.78. The van der Waals surface area contributed by atoms with Crippen LogP contribution in [0.2, 0.25) is 0 Å². The van der Waals surface area contributed by atoms with Gasteiger partial charge in [-0.15, -0.1) is 0 Å². The fourth-order valence-corrected chi connectivity index (χ4v) is 2.38. The second-order valence-corrected chi connectivity index (χ2v) is 5.15. The highest BCUT2D eigenvalue weighted by molar-refractivity contribution is 9.10. The van der Waals surface area contributed by atoms with Gasteiger partial charge in [0, 0.05) is 16.1 Å². The van der Waals surface area contributed by atoms with Crippen molar-refractivity contribution in [1.29, 1.82) is 0 Å². The zero-order valence-electron chi connectivity index (χ0n) is 10.4. The minimum absolute atomic E-state index is 0.638. The average Bonchev–Trinajstić information content (AvgIpc) is 2.45. The maximum Gasteiger partial charge on any atom is 0.227 e. The lowest BCUT2D eigenvalue weighted by Crippen LogP contribution is -1.90. The molecule has 0 aliphatic rings. The van der Waals surface area contributed by atoms with Crippen molar-refractivity contribution < 1.29 is 4.74 Å². The minimum atomic E-state index is 0.638. The Morgan fingerprint density at radius 1 is 0.947 bits per heavy atom. The first kappa shape index (κ1) is 12.2. The molecular weight excluding hydrogens is 302 g/mol. The Bertz CT molecular complexity index is 725. The number of hydrogen-bond donors (Lipinski definition) is 0. The van der Waals surface area contributed by atoms with Gasteiger partial charge in [0.25, 0.3) is 0 Å². The lowest BCUT2D eigenvalue weighted by molar-refractivity contribution is 0.469. The van der Waals surface area contributed by atoms with Gasteiger partial charge in [0.05, 0.1) is 0 Å². The summed E-state index contributed by atoms with van der Waals surface area (Å²) in [6, 6.07) is 15.8. The molecule has 0 saturated carbocycles. The second-order valence-electron chi connectivity index (χ2n) is 4.30. The molecule has 94 valence electrons. The standard InChI is InChI=1S/C16H12BrNO/c1-11-13-9-10-18-16(14(13)7-8-15(11)17)19-12-5-3-2-4-6-12/h2-10H,1H3. The van der Waals surface area contributed by atoms with Crippen molar-refractivity contribution in [3.63, 3.8) is 0 Å². The summed E-state index contributed by atoms with van der Waals surface area (Å²) in [5.74, 6) is 1.43. The molecule has 3 aromatic rings. The van der Waals surface area contributed by atoms with E-state index in [1.165, 1.54) is 5.56 Å². The molecule has 0 amide bonds. The van der Waals surface area contributed by atoms with Crippen molar-refractivity contribution in [2.75, 3.05) is 0 Å². The first-order valence-corrected chi connectivity index (χ1v) is 6.82. The van der Waals surface area contributed by atoms with Crippen LogP contribution in [0.1, 0.15) is 5.56 Å². The number of para-hydroxylation sites is 1. The van der Waals surface area contributed by atoms with E-state index in [4.69, 9.17) is 4.74 Å². The molecule has 1 aromatic heterocycles. The number of fused-ring (bicyclic) bond motifs is 1. The number of benzene rings is 2. The van der Waals surface area contributed by atoms with Gasteiger partial charge in [0.15, 0.2) is 0 Å². The molecule has 0 aliphatic heterocycles. The van der Waals surface area contributed by atoms with Crippen LogP contribution in [0.4, 0.5) is 0 Å². The van der Waals surface area contributed by atoms with Gasteiger partial charge in [0.1, 0.15) is 5.75 Å². The molecule has 3 heteroatoms. The van der Waals surface area contributed by atoms with Crippen molar-refractivity contribution in [1.82, 2.24) is 4.98 Å². The van der Waals surface area contributed by atoms with Crippen LogP contribution in [-0.4, -0.2) is 4.98 Å². The molecule has 19 heavy (non-hydrogen) atoms. The van der Waals surface area contributed by atoms with Crippen LogP contribution in [0, 0.1) is 6.92 Å². The molecule has 0 unspecified atom stereocenters. The number of aryl methyl sites for hydroxylation is 1. The molecule has 0 N–H and O–H groups in total. The highest BCUT2D eigenvalue weighted by atomic mass is 79.9. The Morgan fingerprint density at radius 2 is 1.74 bits per heavy atom. The third-order valence-corrected chi connectivity index (χ3v) is 3.93. The van der Waals surface area contributed by atoms with Crippen molar-refractivity contribution in [2.45, 2.75) is 6.92 Å². The Hall–Kier alpha value is -1.87. The lowest BCUT2D eigenvalue weighted by Gasteiger charge is -2.10. The molecule has 0 spiro atoms. The smallest absolute Gasteiger partial charge is 0.227 e. The van der Waals surface area contributed by atoms with Crippen molar-refractivity contribution in [3.8, 4) is 11.6 Å². The van der Waals surface area contributed by atoms with E-state index in [1.807, 2.05) is 48.5 Å². The number of hydrogen-bond acceptors (Lipinski definition) is 2. The zero-order chi connectivity index (χ0) is 13.2. The van der Waals surface area contributed by atoms with Crippen LogP contribution in [-0.2, 0) is 0 Å². The highest BCUT2D eigenvalue weighted by Crippen LogP contribution is 2.32. The molecule has 2 aromatic carbocycles. The van der Waals surface area contributed by atoms with Crippen LogP contribution in [0.3, 0.4) is 0 Å². The molecule has 0 bridgehead atoms. The largest absolute Gasteiger partial charge is 0.438 e. The highest BCUT2D eigenvalue weighted by Gasteiger charge is 2.08. The van der Waals surface area contributed by atoms with Gasteiger partial charge in [-0.1, -0.05) is 34.1 Å². The number of pyridine rings is 1. The van der Waals surface area contributed by atoms with E-state index in [1.54, 1.807) is 6.20 Å². The topological polar surface area (TPSA) is 22.1 Å². The maximum absolute atomic E-state index is 5.86. The van der Waals surface area contributed by atoms with E-state index >= 15 is 0 Å². The van der Waals surface area contributed by atoms with Crippen molar-refractivity contribution in [2.24, 2.45) is 0 Å². The van der Waals surface area contributed by atoms with Crippen LogP contribution in [0.25, 0.3) is 10.8 Å². The lowest BCUT2D eigenvalue weighted by atomic mass is 10.1. The molecular formula is C16H12BrNO. The summed E-state index contributed by atoms with van der Waals surface area (Å²) in [4.78, 5) is 4.34. The first-order valence-electron chi connectivity index (χ1n) is 6.02. The quantitative estimate of drug-likeness (QED) is 0.656. The fraction of sp³-hybridized carbons (Fsp3) is 0.0625. The Labute approximate surface area is 120 Å². The van der Waals surface area contributed by atoms with Crippen LogP contribution < -0.4 is 4.74 Å². The van der Waals surface area contributed by atoms with E-state index in [2.05, 4.69) is 27.8 Å². The van der Waals surface area contributed by atoms with E-state index < -0.39 is 0 Å². The van der Waals surface area contributed by atoms with E-state index in [0.29, 0.717) is 5.88 Å². The van der Waals surface area contributed by atoms with Crippen LogP contribution in [0.5, 0.6) is 11.6 Å². The Morgan fingerprint density at radius 3 is 2.53 bits per heavy atom. The molecule has 0 radical (unpaired) electrons. The Kier molecular flexibility index (Phi) is 3.22. The summed E-state index contributed by atoms with van der Waals surface area (Å²) in [5.41, 5.74) is 1.19. The van der Waals surface area contributed by atoms with Crippen molar-refractivity contribution in [3.05, 3.63) is 64.8 Å². The summed E-state index contributed by atoms with van der Waals surface area (Å²) in [5, 5.41) is 2.17. The molecule has 2 nitrogen and oxygen atoms in total. The van der Waals surface area contributed by atoms with E-state index in [-0.39, 0.29) is 0 Å². The van der Waals surface area contributed by atoms with E-state index in [9.17, 15) is 0 Å². The predicted molar refractivity (Wildman–Crippen MR) is 80.7 cm³/mol. The van der Waals surface area contributed by atoms with Crippen LogP contribution >= 0.6 is 15.9 Å². The SMILES string of the molecule is Cc1c(Br)ccc2c(Oc3ccccc3)nccc12. The number of nitrogens with zero attached hydrogens (tertiary/aromatic N) is 1. The second kappa shape index (κ2) is 5.02. The van der Waals surface area contributed by atoms with Gasteiger partial charge in [-0.2, -0.15) is 0 Å². The summed E-state index contributed by atoms with van der Waals surface area (Å²) < 4.78 is 6.95. The van der Waals surface area contributed by atoms with Gasteiger partial charge < -0.3 is 4.74 Å². The monoisotopic (exact) mass is 313 g/mol. The molecule has 0 saturated heterocycles. The number of ether oxygens (including phenoxy) is 1. The molecule has 1 heterocycles. The summed E-state index contributed by atoms with van der Waals surface area (Å²) in [6.45, 7) is 2.08. The number of aromatic nitrogens is 1. The minimum Gasteiger partial charge on any atom is -0.438 e. The average molecular weight is 314 g/mol. The molecule has 3 rings (SSSR count). The summed E-state index contributed by atoms with van der Waals surface area (Å²) in [7, 11) is 0. The summed E-state index contributed by atoms with van der Waals surface area (Å²) >= 11 is 3.55. The maximum atomic E-state index is 5.86. The van der Waals surface area contributed by atoms with Gasteiger partial charge in [-0.05, 0) is 48.2 Å². The van der Waals surface area contributed by atoms with Crippen molar-refractivity contribution >= 4 is 26.7 Å². The Balaban J connectivity index is 2.12. The third kappa shape index (κ3) is 2.34. The van der Waals surface area contributed by atoms with E-state index in [0.717, 1.165) is 21.0 Å². The van der Waals surface area contributed by atoms with Gasteiger partial charge in [-0.3, -0.25) is 0 Å². The predicted octanol–water partition coefficient (Wildman–Crippen LogP) is 5.10. The molecule has 0 atom stereocenters.